The molecule has 2 bridgehead atoms. The van der Waals surface area contributed by atoms with Crippen LogP contribution in [0.3, 0.4) is 0 Å². The van der Waals surface area contributed by atoms with Gasteiger partial charge in [0.2, 0.25) is 5.91 Å². The van der Waals surface area contributed by atoms with Crippen LogP contribution in [-0.2, 0) is 4.79 Å². The van der Waals surface area contributed by atoms with Crippen LogP contribution in [-0.4, -0.2) is 48.2 Å². The van der Waals surface area contributed by atoms with Crippen LogP contribution in [0, 0.1) is 29.6 Å². The highest BCUT2D eigenvalue weighted by Gasteiger charge is 2.67. The van der Waals surface area contributed by atoms with Gasteiger partial charge in [-0.1, -0.05) is 0 Å². The van der Waals surface area contributed by atoms with E-state index in [1.807, 2.05) is 0 Å². The minimum atomic E-state index is 0.295. The fourth-order valence-corrected chi connectivity index (χ4v) is 5.84. The molecular weight excluding hydrogens is 276 g/mol. The minimum Gasteiger partial charge on any atom is -0.395 e. The number of unbranched alkanes of at least 4 members (excludes halogenated alkanes) is 1. The van der Waals surface area contributed by atoms with Gasteiger partial charge in [0.25, 0.3) is 0 Å². The average Bonchev–Trinajstić information content (AvgIpc) is 2.88. The number of fused-ring (bicyclic) bond motifs is 5. The Kier molecular flexibility index (Phi) is 4.16. The first kappa shape index (κ1) is 14.9. The van der Waals surface area contributed by atoms with Gasteiger partial charge in [-0.3, -0.25) is 9.69 Å². The largest absolute Gasteiger partial charge is 0.395 e. The quantitative estimate of drug-likeness (QED) is 0.703. The van der Waals surface area contributed by atoms with Crippen LogP contribution in [0.5, 0.6) is 0 Å². The van der Waals surface area contributed by atoms with Crippen LogP contribution in [0.4, 0.5) is 0 Å². The summed E-state index contributed by atoms with van der Waals surface area (Å²) >= 11 is 0. The summed E-state index contributed by atoms with van der Waals surface area (Å²) in [7, 11) is 0. The molecule has 3 saturated carbocycles. The Hall–Kier alpha value is -0.610. The van der Waals surface area contributed by atoms with E-state index in [1.165, 1.54) is 25.7 Å². The first-order chi connectivity index (χ1) is 10.8. The SMILES string of the molecule is O=C(NCCCCN1CCCC1CO)C1C2C3CCC(C3)C12. The molecule has 1 saturated heterocycles. The maximum Gasteiger partial charge on any atom is 0.223 e. The second-order valence-electron chi connectivity index (χ2n) is 8.03. The fourth-order valence-electron chi connectivity index (χ4n) is 5.84. The molecular formula is C18H30N2O2. The second-order valence-corrected chi connectivity index (χ2v) is 8.03. The number of hydrogen-bond donors (Lipinski definition) is 2. The molecule has 4 heteroatoms. The minimum absolute atomic E-state index is 0.295. The lowest BCUT2D eigenvalue weighted by Crippen LogP contribution is -2.33. The molecule has 4 fully saturated rings. The van der Waals surface area contributed by atoms with Crippen molar-refractivity contribution >= 4 is 5.91 Å². The van der Waals surface area contributed by atoms with Crippen molar-refractivity contribution in [2.24, 2.45) is 29.6 Å². The monoisotopic (exact) mass is 306 g/mol. The lowest BCUT2D eigenvalue weighted by atomic mass is 10.0. The molecule has 3 aliphatic carbocycles. The first-order valence-electron chi connectivity index (χ1n) is 9.42. The number of amides is 1. The molecule has 5 atom stereocenters. The van der Waals surface area contributed by atoms with E-state index < -0.39 is 0 Å². The lowest BCUT2D eigenvalue weighted by molar-refractivity contribution is -0.123. The van der Waals surface area contributed by atoms with Gasteiger partial charge in [-0.05, 0) is 81.7 Å². The van der Waals surface area contributed by atoms with Crippen LogP contribution < -0.4 is 5.32 Å². The number of aliphatic hydroxyl groups excluding tert-OH is 1. The molecule has 4 rings (SSSR count). The second kappa shape index (κ2) is 6.12. The molecule has 0 radical (unpaired) electrons. The normalized spacial score (nSPS) is 42.6. The molecule has 0 aromatic carbocycles. The Bertz CT molecular complexity index is 411. The van der Waals surface area contributed by atoms with Crippen LogP contribution in [0.1, 0.15) is 44.9 Å². The van der Waals surface area contributed by atoms with Gasteiger partial charge in [-0.2, -0.15) is 0 Å². The maximum absolute atomic E-state index is 12.3. The molecule has 124 valence electrons. The molecule has 4 aliphatic rings. The van der Waals surface area contributed by atoms with Crippen LogP contribution in [0.15, 0.2) is 0 Å². The highest BCUT2D eigenvalue weighted by atomic mass is 16.3. The van der Waals surface area contributed by atoms with Crippen LogP contribution >= 0.6 is 0 Å². The summed E-state index contributed by atoms with van der Waals surface area (Å²) in [4.78, 5) is 14.7. The molecule has 0 aromatic rings. The summed E-state index contributed by atoms with van der Waals surface area (Å²) in [6.07, 6.45) is 8.74. The smallest absolute Gasteiger partial charge is 0.223 e. The summed E-state index contributed by atoms with van der Waals surface area (Å²) in [6, 6.07) is 0.385. The molecule has 1 aliphatic heterocycles. The van der Waals surface area contributed by atoms with Gasteiger partial charge in [0.15, 0.2) is 0 Å². The third-order valence-electron chi connectivity index (χ3n) is 6.92. The highest BCUT2D eigenvalue weighted by molar-refractivity contribution is 5.82. The Morgan fingerprint density at radius 2 is 1.91 bits per heavy atom. The van der Waals surface area contributed by atoms with E-state index in [0.717, 1.165) is 62.6 Å². The Labute approximate surface area is 133 Å². The molecule has 22 heavy (non-hydrogen) atoms. The molecule has 5 unspecified atom stereocenters. The molecule has 1 heterocycles. The van der Waals surface area contributed by atoms with E-state index in [1.54, 1.807) is 0 Å². The first-order valence-corrected chi connectivity index (χ1v) is 9.42. The summed E-state index contributed by atoms with van der Waals surface area (Å²) in [5.41, 5.74) is 0. The van der Waals surface area contributed by atoms with Gasteiger partial charge in [0.05, 0.1) is 6.61 Å². The summed E-state index contributed by atoms with van der Waals surface area (Å²) in [5.74, 6) is 4.01. The number of aliphatic hydroxyl groups is 1. The Balaban J connectivity index is 1.11. The molecule has 2 N–H and O–H groups in total. The van der Waals surface area contributed by atoms with Gasteiger partial charge in [0.1, 0.15) is 0 Å². The van der Waals surface area contributed by atoms with Gasteiger partial charge in [-0.15, -0.1) is 0 Å². The zero-order valence-electron chi connectivity index (χ0n) is 13.5. The van der Waals surface area contributed by atoms with Crippen molar-refractivity contribution in [1.29, 1.82) is 0 Å². The van der Waals surface area contributed by atoms with Crippen molar-refractivity contribution in [3.05, 3.63) is 0 Å². The number of rotatable bonds is 7. The fraction of sp³-hybridized carbons (Fsp3) is 0.944. The predicted octanol–water partition coefficient (Wildman–Crippen LogP) is 1.63. The molecule has 1 amide bonds. The number of carbonyl (C=O) groups excluding carboxylic acids is 1. The van der Waals surface area contributed by atoms with E-state index in [4.69, 9.17) is 0 Å². The van der Waals surface area contributed by atoms with Gasteiger partial charge in [-0.25, -0.2) is 0 Å². The predicted molar refractivity (Wildman–Crippen MR) is 85.2 cm³/mol. The molecule has 0 spiro atoms. The van der Waals surface area contributed by atoms with Gasteiger partial charge < -0.3 is 10.4 Å². The van der Waals surface area contributed by atoms with Gasteiger partial charge in [0, 0.05) is 18.5 Å². The third kappa shape index (κ3) is 2.58. The van der Waals surface area contributed by atoms with Crippen molar-refractivity contribution < 1.29 is 9.90 Å². The number of likely N-dealkylation sites (tertiary alicyclic amines) is 1. The van der Waals surface area contributed by atoms with E-state index in [9.17, 15) is 9.90 Å². The van der Waals surface area contributed by atoms with E-state index in [-0.39, 0.29) is 0 Å². The zero-order valence-corrected chi connectivity index (χ0v) is 13.5. The summed E-state index contributed by atoms with van der Waals surface area (Å²) in [5, 5.41) is 12.5. The van der Waals surface area contributed by atoms with Crippen molar-refractivity contribution in [3.63, 3.8) is 0 Å². The average molecular weight is 306 g/mol. The standard InChI is InChI=1S/C18H30N2O2/c21-11-14-4-3-9-20(14)8-2-1-7-19-18(22)17-15-12-5-6-13(10-12)16(15)17/h12-17,21H,1-11H2,(H,19,22). The third-order valence-corrected chi connectivity index (χ3v) is 6.92. The number of carbonyl (C=O) groups is 1. The highest BCUT2D eigenvalue weighted by Crippen LogP contribution is 2.69. The van der Waals surface area contributed by atoms with E-state index >= 15 is 0 Å². The lowest BCUT2D eigenvalue weighted by Gasteiger charge is -2.22. The molecule has 0 aromatic heterocycles. The Morgan fingerprint density at radius 3 is 2.64 bits per heavy atom. The Morgan fingerprint density at radius 1 is 1.14 bits per heavy atom. The number of nitrogens with one attached hydrogen (secondary N) is 1. The van der Waals surface area contributed by atoms with Gasteiger partial charge >= 0.3 is 0 Å². The topological polar surface area (TPSA) is 52.6 Å². The number of hydrogen-bond acceptors (Lipinski definition) is 3. The maximum atomic E-state index is 12.3. The molecule has 4 nitrogen and oxygen atoms in total. The van der Waals surface area contributed by atoms with E-state index in [0.29, 0.717) is 24.5 Å². The van der Waals surface area contributed by atoms with Crippen LogP contribution in [0.2, 0.25) is 0 Å². The van der Waals surface area contributed by atoms with E-state index in [2.05, 4.69) is 10.2 Å². The zero-order chi connectivity index (χ0) is 15.1. The van der Waals surface area contributed by atoms with Crippen molar-refractivity contribution in [2.75, 3.05) is 26.2 Å². The summed E-state index contributed by atoms with van der Waals surface area (Å²) in [6.45, 7) is 3.33. The van der Waals surface area contributed by atoms with Crippen molar-refractivity contribution in [2.45, 2.75) is 51.0 Å². The van der Waals surface area contributed by atoms with Crippen LogP contribution in [0.25, 0.3) is 0 Å². The number of nitrogens with zero attached hydrogens (tertiary/aromatic N) is 1. The van der Waals surface area contributed by atoms with Crippen molar-refractivity contribution in [1.82, 2.24) is 10.2 Å². The van der Waals surface area contributed by atoms with Crippen molar-refractivity contribution in [3.8, 4) is 0 Å². The summed E-state index contributed by atoms with van der Waals surface area (Å²) < 4.78 is 0.